The second kappa shape index (κ2) is 8.20. The van der Waals surface area contributed by atoms with Gasteiger partial charge in [0.15, 0.2) is 12.1 Å². The molecule has 0 bridgehead atoms. The summed E-state index contributed by atoms with van der Waals surface area (Å²) in [4.78, 5) is 11.8. The number of aryl methyl sites for hydroxylation is 1. The summed E-state index contributed by atoms with van der Waals surface area (Å²) in [7, 11) is 0. The highest BCUT2D eigenvalue weighted by Crippen LogP contribution is 2.40. The Morgan fingerprint density at radius 3 is 2.50 bits per heavy atom. The van der Waals surface area contributed by atoms with E-state index in [4.69, 9.17) is 22.1 Å². The molecule has 2 heterocycles. The third kappa shape index (κ3) is 3.81. The highest BCUT2D eigenvalue weighted by Gasteiger charge is 2.47. The van der Waals surface area contributed by atoms with Crippen LogP contribution in [-0.2, 0) is 9.53 Å². The van der Waals surface area contributed by atoms with E-state index in [0.717, 1.165) is 24.0 Å². The van der Waals surface area contributed by atoms with Crippen molar-refractivity contribution in [3.8, 4) is 11.4 Å². The van der Waals surface area contributed by atoms with Crippen LogP contribution in [0.5, 0.6) is 0 Å². The summed E-state index contributed by atoms with van der Waals surface area (Å²) in [6.45, 7) is 2.82. The van der Waals surface area contributed by atoms with Crippen LogP contribution in [0.3, 0.4) is 0 Å². The lowest BCUT2D eigenvalue weighted by Gasteiger charge is -2.42. The van der Waals surface area contributed by atoms with Crippen LogP contribution < -0.4 is 5.32 Å². The highest BCUT2D eigenvalue weighted by atomic mass is 32.1. The Balaban J connectivity index is 1.81. The summed E-state index contributed by atoms with van der Waals surface area (Å²) in [6.07, 6.45) is -2.77. The number of hydrogen-bond acceptors (Lipinski definition) is 7. The van der Waals surface area contributed by atoms with Gasteiger partial charge >= 0.3 is 0 Å². The van der Waals surface area contributed by atoms with Gasteiger partial charge in [-0.05, 0) is 32.0 Å². The van der Waals surface area contributed by atoms with Gasteiger partial charge < -0.3 is 25.4 Å². The predicted molar refractivity (Wildman–Crippen MR) is 110 cm³/mol. The maximum atomic E-state index is 11.8. The molecular weight excluding hydrogens is 408 g/mol. The Bertz CT molecular complexity index is 984. The lowest BCUT2D eigenvalue weighted by molar-refractivity contribution is -0.219. The number of ether oxygens (including phenoxy) is 1. The molecule has 30 heavy (non-hydrogen) atoms. The fourth-order valence-corrected chi connectivity index (χ4v) is 4.20. The van der Waals surface area contributed by atoms with Crippen LogP contribution in [0.1, 0.15) is 37.6 Å². The minimum absolute atomic E-state index is 0.231. The molecule has 0 unspecified atom stereocenters. The minimum Gasteiger partial charge on any atom is -0.394 e. The fraction of sp³-hybridized carbons (Fsp3) is 0.550. The number of aromatic nitrogens is 3. The lowest BCUT2D eigenvalue weighted by atomic mass is 9.96. The maximum absolute atomic E-state index is 11.8. The van der Waals surface area contributed by atoms with Crippen LogP contribution in [0, 0.1) is 11.7 Å². The van der Waals surface area contributed by atoms with Gasteiger partial charge in [0.2, 0.25) is 10.7 Å². The van der Waals surface area contributed by atoms with E-state index in [2.05, 4.69) is 5.32 Å². The van der Waals surface area contributed by atoms with Crippen molar-refractivity contribution in [2.75, 3.05) is 6.61 Å². The van der Waals surface area contributed by atoms with Crippen molar-refractivity contribution in [1.82, 2.24) is 19.7 Å². The van der Waals surface area contributed by atoms with E-state index in [1.54, 1.807) is 0 Å². The zero-order valence-corrected chi connectivity index (χ0v) is 17.6. The molecule has 4 rings (SSSR count). The summed E-state index contributed by atoms with van der Waals surface area (Å²) >= 11 is 5.71. The Morgan fingerprint density at radius 2 is 1.93 bits per heavy atom. The summed E-state index contributed by atoms with van der Waals surface area (Å²) in [5.74, 6) is 0.281. The first kappa shape index (κ1) is 21.1. The Kier molecular flexibility index (Phi) is 5.78. The molecule has 10 heteroatoms. The molecule has 1 aromatic heterocycles. The third-order valence-electron chi connectivity index (χ3n) is 5.57. The first-order valence-corrected chi connectivity index (χ1v) is 10.4. The van der Waals surface area contributed by atoms with E-state index in [1.165, 1.54) is 11.6 Å². The molecule has 162 valence electrons. The second-order valence-electron chi connectivity index (χ2n) is 7.97. The van der Waals surface area contributed by atoms with Crippen LogP contribution in [0.4, 0.5) is 0 Å². The van der Waals surface area contributed by atoms with E-state index in [9.17, 15) is 20.1 Å². The van der Waals surface area contributed by atoms with Gasteiger partial charge in [-0.2, -0.15) is 0 Å². The molecular formula is C20H26N4O5S. The van der Waals surface area contributed by atoms with Crippen molar-refractivity contribution in [1.29, 1.82) is 0 Å². The number of aliphatic hydroxyl groups is 3. The Hall–Kier alpha value is -2.11. The topological polar surface area (TPSA) is 122 Å². The zero-order chi connectivity index (χ0) is 21.6. The Morgan fingerprint density at radius 1 is 1.27 bits per heavy atom. The number of benzene rings is 1. The van der Waals surface area contributed by atoms with Crippen LogP contribution >= 0.6 is 12.2 Å². The van der Waals surface area contributed by atoms with Gasteiger partial charge in [0.25, 0.3) is 0 Å². The average Bonchev–Trinajstić information content (AvgIpc) is 3.49. The predicted octanol–water partition coefficient (Wildman–Crippen LogP) is 0.841. The summed E-state index contributed by atoms with van der Waals surface area (Å²) in [6, 6.07) is 7.17. The smallest absolute Gasteiger partial charge is 0.217 e. The lowest BCUT2D eigenvalue weighted by Crippen LogP contribution is -2.62. The first-order chi connectivity index (χ1) is 14.3. The third-order valence-corrected chi connectivity index (χ3v) is 5.95. The number of amides is 1. The molecule has 0 radical (unpaired) electrons. The van der Waals surface area contributed by atoms with Gasteiger partial charge in [-0.3, -0.25) is 9.36 Å². The number of nitrogens with one attached hydrogen (secondary N) is 1. The molecule has 2 fully saturated rings. The fourth-order valence-electron chi connectivity index (χ4n) is 3.82. The molecule has 1 saturated carbocycles. The van der Waals surface area contributed by atoms with E-state index in [0.29, 0.717) is 10.6 Å². The zero-order valence-electron chi connectivity index (χ0n) is 16.8. The molecule has 1 amide bonds. The summed E-state index contributed by atoms with van der Waals surface area (Å²) < 4.78 is 9.70. The molecule has 2 aliphatic rings. The van der Waals surface area contributed by atoms with Gasteiger partial charge in [-0.15, -0.1) is 5.10 Å². The molecule has 2 aromatic rings. The second-order valence-corrected chi connectivity index (χ2v) is 8.34. The van der Waals surface area contributed by atoms with Gasteiger partial charge in [0.05, 0.1) is 6.61 Å². The van der Waals surface area contributed by atoms with Gasteiger partial charge in [0.1, 0.15) is 24.4 Å². The molecule has 1 aliphatic carbocycles. The minimum atomic E-state index is -1.36. The molecule has 4 N–H and O–H groups in total. The van der Waals surface area contributed by atoms with E-state index >= 15 is 0 Å². The van der Waals surface area contributed by atoms with E-state index in [-0.39, 0.29) is 6.04 Å². The van der Waals surface area contributed by atoms with E-state index in [1.807, 2.05) is 35.8 Å². The summed E-state index contributed by atoms with van der Waals surface area (Å²) in [5, 5.41) is 37.8. The normalized spacial score (nSPS) is 29.0. The molecule has 0 spiro atoms. The van der Waals surface area contributed by atoms with Gasteiger partial charge in [-0.1, -0.05) is 29.8 Å². The maximum Gasteiger partial charge on any atom is 0.217 e. The van der Waals surface area contributed by atoms with Crippen LogP contribution in [0.25, 0.3) is 11.4 Å². The Labute approximate surface area is 178 Å². The number of carbonyl (C=O) groups is 1. The molecule has 5 atom stereocenters. The number of hydrogen-bond donors (Lipinski definition) is 4. The standard InChI is InChI=1S/C20H26N4O5S/c1-10-3-5-12(6-4-10)18-22-24(20(30)23(18)13-7-8-13)19-15(21-11(2)26)17(28)16(27)14(9-25)29-19/h3-6,13-17,19,25,27-28H,7-9H2,1-2H3,(H,21,26)/t14-,15-,16+,17-,19+/m0/s1. The van der Waals surface area contributed by atoms with Gasteiger partial charge in [-0.25, -0.2) is 4.68 Å². The number of aliphatic hydroxyl groups excluding tert-OH is 3. The first-order valence-electron chi connectivity index (χ1n) is 9.99. The molecule has 1 aliphatic heterocycles. The van der Waals surface area contributed by atoms with Crippen LogP contribution in [0.2, 0.25) is 0 Å². The monoisotopic (exact) mass is 434 g/mol. The van der Waals surface area contributed by atoms with Crippen molar-refractivity contribution in [3.63, 3.8) is 0 Å². The van der Waals surface area contributed by atoms with Crippen molar-refractivity contribution in [3.05, 3.63) is 34.6 Å². The number of carbonyl (C=O) groups excluding carboxylic acids is 1. The highest BCUT2D eigenvalue weighted by molar-refractivity contribution is 7.71. The van der Waals surface area contributed by atoms with E-state index < -0.39 is 43.1 Å². The molecule has 1 aromatic carbocycles. The van der Waals surface area contributed by atoms with Crippen molar-refractivity contribution >= 4 is 18.1 Å². The number of rotatable bonds is 5. The summed E-state index contributed by atoms with van der Waals surface area (Å²) in [5.41, 5.74) is 2.02. The van der Waals surface area contributed by atoms with Crippen molar-refractivity contribution in [2.45, 2.75) is 63.3 Å². The quantitative estimate of drug-likeness (QED) is 0.515. The van der Waals surface area contributed by atoms with Gasteiger partial charge in [0, 0.05) is 18.5 Å². The SMILES string of the molecule is CC(=O)N[C@H]1[C@H](O)[C@H](O)[C@H](CO)O[C@H]1n1nc(-c2ccc(C)cc2)n(C2CC2)c1=S. The van der Waals surface area contributed by atoms with Crippen LogP contribution in [0.15, 0.2) is 24.3 Å². The van der Waals surface area contributed by atoms with Crippen molar-refractivity contribution < 1.29 is 24.9 Å². The largest absolute Gasteiger partial charge is 0.394 e. The molecule has 9 nitrogen and oxygen atoms in total. The number of nitrogens with zero attached hydrogens (tertiary/aromatic N) is 3. The van der Waals surface area contributed by atoms with Crippen molar-refractivity contribution in [2.24, 2.45) is 0 Å². The van der Waals surface area contributed by atoms with Crippen LogP contribution in [-0.4, -0.2) is 66.5 Å². The molecule has 1 saturated heterocycles. The average molecular weight is 435 g/mol.